The molecule has 132 heavy (non-hydrogen) atoms. The topological polar surface area (TPSA) is 345 Å². The molecule has 3 unspecified atom stereocenters. The van der Waals surface area contributed by atoms with Gasteiger partial charge in [0.2, 0.25) is 17.7 Å². The molecule has 4 amide bonds. The van der Waals surface area contributed by atoms with Crippen molar-refractivity contribution in [2.24, 2.45) is 0 Å². The minimum atomic E-state index is -0.372. The zero-order valence-corrected chi connectivity index (χ0v) is 76.7. The maximum Gasteiger partial charge on any atom is 0.271 e. The third kappa shape index (κ3) is 14.9. The van der Waals surface area contributed by atoms with Crippen molar-refractivity contribution in [2.75, 3.05) is 152 Å². The molecule has 0 saturated carbocycles. The molecule has 5 aromatic heterocycles. The number of nitriles is 3. The summed E-state index contributed by atoms with van der Waals surface area (Å²) in [4.78, 5) is 120. The molecule has 6 aromatic carbocycles. The first-order chi connectivity index (χ1) is 63.9. The Morgan fingerprint density at radius 1 is 0.470 bits per heavy atom. The van der Waals surface area contributed by atoms with Gasteiger partial charge in [-0.3, -0.25) is 47.3 Å². The number of benzene rings is 6. The summed E-state index contributed by atoms with van der Waals surface area (Å²) < 4.78 is 25.2. The third-order valence-corrected chi connectivity index (χ3v) is 29.1. The van der Waals surface area contributed by atoms with Crippen molar-refractivity contribution in [3.8, 4) is 68.8 Å². The summed E-state index contributed by atoms with van der Waals surface area (Å²) in [5.74, 6) is 0.866. The summed E-state index contributed by atoms with van der Waals surface area (Å²) in [5.41, 5.74) is 14.0. The number of nitrogens with one attached hydrogen (secondary N) is 3. The fraction of sp³-hybridized carbons (Fsp3) is 0.398. The summed E-state index contributed by atoms with van der Waals surface area (Å²) in [6, 6.07) is 22.7. The van der Waals surface area contributed by atoms with E-state index in [1.54, 1.807) is 34.7 Å². The van der Waals surface area contributed by atoms with Gasteiger partial charge in [-0.1, -0.05) is 78.8 Å². The normalized spacial score (nSPS) is 20.5. The van der Waals surface area contributed by atoms with Crippen LogP contribution in [0.1, 0.15) is 120 Å². The lowest BCUT2D eigenvalue weighted by Gasteiger charge is -2.42. The minimum absolute atomic E-state index is 0.0503. The summed E-state index contributed by atoms with van der Waals surface area (Å²) in [6.07, 6.45) is 11.2. The molecule has 6 saturated heterocycles. The summed E-state index contributed by atoms with van der Waals surface area (Å²) in [6.45, 7) is 35.6. The Morgan fingerprint density at radius 2 is 0.841 bits per heavy atom. The molecule has 6 fully saturated rings. The monoisotopic (exact) mass is 1840 g/mol. The number of hydrogen-bond acceptors (Lipinski definition) is 22. The van der Waals surface area contributed by atoms with Crippen molar-refractivity contribution < 1.29 is 33.4 Å². The molecule has 0 aliphatic carbocycles. The van der Waals surface area contributed by atoms with E-state index in [1.165, 1.54) is 18.2 Å². The summed E-state index contributed by atoms with van der Waals surface area (Å²) >= 11 is 21.5. The Kier molecular flexibility index (Phi) is 23.8. The Hall–Kier alpha value is -13.1. The van der Waals surface area contributed by atoms with Crippen LogP contribution in [0.5, 0.6) is 17.2 Å². The number of halogens is 3. The van der Waals surface area contributed by atoms with Crippen molar-refractivity contribution >= 4 is 130 Å². The number of aromatic amines is 2. The minimum Gasteiger partial charge on any atom is -0.488 e. The number of likely N-dealkylation sites (tertiary alicyclic amines) is 3. The molecule has 31 nitrogen and oxygen atoms in total. The van der Waals surface area contributed by atoms with Gasteiger partial charge in [-0.2, -0.15) is 31.2 Å². The fourth-order valence-electron chi connectivity index (χ4n) is 21.8. The molecule has 0 radical (unpaired) electrons. The lowest BCUT2D eigenvalue weighted by Crippen LogP contribution is -2.54. The number of rotatable bonds is 15. The lowest BCUT2D eigenvalue weighted by molar-refractivity contribution is -0.127. The summed E-state index contributed by atoms with van der Waals surface area (Å²) in [7, 11) is 0. The van der Waals surface area contributed by atoms with Gasteiger partial charge in [-0.05, 0) is 184 Å². The maximum atomic E-state index is 14.5. The number of aryl methyl sites for hydroxylation is 3. The molecule has 15 heterocycles. The molecule has 34 heteroatoms. The molecule has 6 atom stereocenters. The second-order valence-electron chi connectivity index (χ2n) is 36.0. The molecule has 10 aliphatic rings. The summed E-state index contributed by atoms with van der Waals surface area (Å²) in [5, 5.41) is 49.1. The first-order valence-corrected chi connectivity index (χ1v) is 46.3. The number of carbonyl (C=O) groups excluding carboxylic acids is 4. The highest BCUT2D eigenvalue weighted by molar-refractivity contribution is 6.37. The first kappa shape index (κ1) is 88.2. The van der Waals surface area contributed by atoms with E-state index in [0.29, 0.717) is 206 Å². The highest BCUT2D eigenvalue weighted by Crippen LogP contribution is 2.55. The number of carbonyl (C=O) groups is 4. The van der Waals surface area contributed by atoms with Crippen LogP contribution in [0.4, 0.5) is 17.1 Å². The van der Waals surface area contributed by atoms with E-state index >= 15 is 0 Å². The van der Waals surface area contributed by atoms with Crippen LogP contribution >= 0.6 is 34.8 Å². The molecule has 678 valence electrons. The van der Waals surface area contributed by atoms with Gasteiger partial charge in [0.25, 0.3) is 22.6 Å². The average molecular weight is 1840 g/mol. The standard InChI is InChI=1S/C33H34ClN7O3.C33H33ClN6O4.C32H33ClN8O3/c1-4-26(42)39-11-12-40(20(3)15-39)30-22-13-24(34)28(27-19(2)7-8-25-29(27)37-18-36-25)32-31(22)41(33(43)23(30)14-35)21(17-44-32)16-38-9-5-6-10-38;1-4-25(41)38-10-11-39(19(3)15-38)29-22-12-24(34)28(26-18(2)6-7-20-14-36-32(42)27(20)26)31-30(22)40(33(43)23(29)13-35)21(17-44-31)16-37-8-5-9-37;1-4-25(42)39-11-12-40(19(3)15-39)29-21-13-23(33)27(26-18(2)7-8-24-28(26)36-37-35-24)31-30(21)41(32(43)22(29)14-34)20(17-44-31)16-38-9-5-6-10-38/h4,7-8,13,18,20-21H,1,5-6,9-12,15-17H2,2-3H3,(H,36,37);4,6-7,12,19,21H,1,5,8-11,14-17H2,2-3H3,(H,36,42);4,7-8,13,19-20H,1,5-6,9-12,15-17H2,2-3H3,(H,35,36,37)/t20-,21?;19-,21?;19-,20?/m000/s1. The predicted molar refractivity (Wildman–Crippen MR) is 509 cm³/mol. The van der Waals surface area contributed by atoms with Gasteiger partial charge in [0.15, 0.2) is 17.2 Å². The molecule has 0 bridgehead atoms. The van der Waals surface area contributed by atoms with Crippen LogP contribution in [0.25, 0.3) is 88.2 Å². The molecule has 21 rings (SSSR count). The molecule has 10 aliphatic heterocycles. The number of nitrogens with zero attached hydrogens (tertiary/aromatic N) is 18. The average Bonchev–Trinajstić information content (AvgIpc) is 0.924. The zero-order chi connectivity index (χ0) is 92.3. The number of anilines is 3. The lowest BCUT2D eigenvalue weighted by atomic mass is 9.89. The SMILES string of the molecule is C=CC(=O)N1CCN(c2c(C#N)c(=O)n3c4c(c(-c5c(C)ccc6[nH]cnc56)c(Cl)cc24)OCC3CN2CCCC2)[C@@H](C)C1.C=CC(=O)N1CCN(c2c(C#N)c(=O)n3c4c(c(-c5c(C)ccc6c5C(=O)NC6)c(Cl)cc24)OCC3CN2CCC2)[C@@H](C)C1.C=CC(=O)N1CCN(c2c(C#N)c(=O)n3c4c(c(-c5c(C)ccc6n[nH]nc56)c(Cl)cc24)OCC3CN2CCCC2)[C@@H](C)C1. The van der Waals surface area contributed by atoms with Gasteiger partial charge in [0, 0.05) is 153 Å². The van der Waals surface area contributed by atoms with E-state index in [4.69, 9.17) is 49.0 Å². The second kappa shape index (κ2) is 35.6. The number of ether oxygens (including phenoxy) is 3. The van der Waals surface area contributed by atoms with Gasteiger partial charge >= 0.3 is 0 Å². The highest BCUT2D eigenvalue weighted by atomic mass is 35.5. The van der Waals surface area contributed by atoms with Gasteiger partial charge in [-0.15, -0.1) is 0 Å². The van der Waals surface area contributed by atoms with E-state index in [9.17, 15) is 49.3 Å². The van der Waals surface area contributed by atoms with E-state index in [-0.39, 0.29) is 113 Å². The van der Waals surface area contributed by atoms with E-state index in [1.807, 2.05) is 101 Å². The zero-order valence-electron chi connectivity index (χ0n) is 74.4. The number of amides is 4. The van der Waals surface area contributed by atoms with Crippen molar-refractivity contribution in [1.29, 1.82) is 15.8 Å². The van der Waals surface area contributed by atoms with Gasteiger partial charge in [-0.25, -0.2) is 4.98 Å². The van der Waals surface area contributed by atoms with Crippen LogP contribution < -0.4 is 50.9 Å². The predicted octanol–water partition coefficient (Wildman–Crippen LogP) is 12.3. The van der Waals surface area contributed by atoms with Crippen LogP contribution in [0.3, 0.4) is 0 Å². The van der Waals surface area contributed by atoms with Crippen LogP contribution in [0, 0.1) is 54.8 Å². The van der Waals surface area contributed by atoms with Crippen LogP contribution in [-0.2, 0) is 20.9 Å². The van der Waals surface area contributed by atoms with E-state index < -0.39 is 0 Å². The molecule has 3 N–H and O–H groups in total. The number of pyridine rings is 3. The third-order valence-electron chi connectivity index (χ3n) is 28.2. The van der Waals surface area contributed by atoms with Crippen LogP contribution in [0.2, 0.25) is 15.1 Å². The maximum absolute atomic E-state index is 14.5. The van der Waals surface area contributed by atoms with Crippen molar-refractivity contribution in [3.05, 3.63) is 190 Å². The fourth-order valence-corrected chi connectivity index (χ4v) is 22.6. The van der Waals surface area contributed by atoms with Crippen molar-refractivity contribution in [2.45, 2.75) is 116 Å². The Bertz CT molecular complexity index is 6780. The number of imidazole rings is 1. The number of H-pyrrole nitrogens is 2. The van der Waals surface area contributed by atoms with Crippen LogP contribution in [-0.4, -0.2) is 248 Å². The number of hydrogen-bond donors (Lipinski definition) is 3. The Balaban J connectivity index is 0.000000128. The first-order valence-electron chi connectivity index (χ1n) is 45.2. The smallest absolute Gasteiger partial charge is 0.271 e. The van der Waals surface area contributed by atoms with Crippen LogP contribution in [0.15, 0.2) is 113 Å². The molecule has 11 aromatic rings. The van der Waals surface area contributed by atoms with Gasteiger partial charge in [0.1, 0.15) is 65.8 Å². The van der Waals surface area contributed by atoms with E-state index in [2.05, 4.69) is 93.1 Å². The number of piperazine rings is 3. The largest absolute Gasteiger partial charge is 0.488 e. The number of fused-ring (bicyclic) bond motifs is 3. The quantitative estimate of drug-likeness (QED) is 0.0803. The van der Waals surface area contributed by atoms with Gasteiger partial charge in [0.05, 0.1) is 89.7 Å². The van der Waals surface area contributed by atoms with Crippen molar-refractivity contribution in [1.82, 2.24) is 73.8 Å². The van der Waals surface area contributed by atoms with E-state index in [0.717, 1.165) is 116 Å². The van der Waals surface area contributed by atoms with Crippen molar-refractivity contribution in [3.63, 3.8) is 0 Å². The Labute approximate surface area is 775 Å². The highest BCUT2D eigenvalue weighted by Gasteiger charge is 2.44. The number of aromatic nitrogens is 8. The molecular weight excluding hydrogens is 1740 g/mol. The second-order valence-corrected chi connectivity index (χ2v) is 37.3. The Morgan fingerprint density at radius 3 is 1.22 bits per heavy atom. The van der Waals surface area contributed by atoms with Gasteiger partial charge < -0.3 is 68.6 Å². The molecular formula is C98H100Cl3N21O10. The molecule has 0 spiro atoms.